The molecule has 5 nitrogen and oxygen atoms in total. The first kappa shape index (κ1) is 15.8. The number of amides is 2. The van der Waals surface area contributed by atoms with Gasteiger partial charge in [-0.05, 0) is 57.7 Å². The van der Waals surface area contributed by atoms with Crippen molar-refractivity contribution < 1.29 is 14.3 Å². The fourth-order valence-electron chi connectivity index (χ4n) is 3.62. The average molecular weight is 316 g/mol. The van der Waals surface area contributed by atoms with Gasteiger partial charge in [-0.2, -0.15) is 0 Å². The Labute approximate surface area is 137 Å². The summed E-state index contributed by atoms with van der Waals surface area (Å²) >= 11 is 0. The van der Waals surface area contributed by atoms with Gasteiger partial charge in [-0.3, -0.25) is 14.5 Å². The normalized spacial score (nSPS) is 24.2. The fraction of sp³-hybridized carbons (Fsp3) is 0.556. The Morgan fingerprint density at radius 2 is 1.96 bits per heavy atom. The molecule has 1 aromatic carbocycles. The summed E-state index contributed by atoms with van der Waals surface area (Å²) in [6, 6.07) is 6.19. The topological polar surface area (TPSA) is 49.9 Å². The molecule has 3 rings (SSSR count). The first-order valence-corrected chi connectivity index (χ1v) is 8.32. The van der Waals surface area contributed by atoms with Crippen LogP contribution in [0, 0.1) is 6.92 Å². The number of likely N-dealkylation sites (tertiary alicyclic amines) is 1. The van der Waals surface area contributed by atoms with Crippen LogP contribution in [0.15, 0.2) is 18.2 Å². The van der Waals surface area contributed by atoms with Crippen LogP contribution < -0.4 is 9.64 Å². The molecule has 0 unspecified atom stereocenters. The van der Waals surface area contributed by atoms with Crippen LogP contribution in [0.3, 0.4) is 0 Å². The van der Waals surface area contributed by atoms with Crippen LogP contribution in [0.2, 0.25) is 0 Å². The highest BCUT2D eigenvalue weighted by Crippen LogP contribution is 2.33. The number of rotatable bonds is 2. The first-order valence-electron chi connectivity index (χ1n) is 8.32. The van der Waals surface area contributed by atoms with Gasteiger partial charge in [-0.15, -0.1) is 0 Å². The SMILES string of the molecule is Cc1ccc2c(c1)N(CC(=O)N1[C@H](C)CCC[C@H]1C)C(=O)CO2. The molecule has 1 saturated heterocycles. The number of nitrogens with zero attached hydrogens (tertiary/aromatic N) is 2. The Balaban J connectivity index is 1.83. The maximum absolute atomic E-state index is 12.8. The number of hydrogen-bond acceptors (Lipinski definition) is 3. The third kappa shape index (κ3) is 3.05. The number of piperidine rings is 1. The van der Waals surface area contributed by atoms with Crippen LogP contribution in [-0.4, -0.2) is 41.9 Å². The lowest BCUT2D eigenvalue weighted by molar-refractivity contribution is -0.137. The van der Waals surface area contributed by atoms with E-state index < -0.39 is 0 Å². The van der Waals surface area contributed by atoms with Gasteiger partial charge in [0.25, 0.3) is 5.91 Å². The molecule has 0 saturated carbocycles. The second-order valence-electron chi connectivity index (χ2n) is 6.67. The molecule has 2 amide bonds. The maximum atomic E-state index is 12.8. The number of aryl methyl sites for hydroxylation is 1. The van der Waals surface area contributed by atoms with E-state index >= 15 is 0 Å². The summed E-state index contributed by atoms with van der Waals surface area (Å²) in [5.41, 5.74) is 1.74. The molecule has 0 bridgehead atoms. The van der Waals surface area contributed by atoms with E-state index in [4.69, 9.17) is 4.74 Å². The summed E-state index contributed by atoms with van der Waals surface area (Å²) in [6.07, 6.45) is 3.22. The molecule has 2 aliphatic heterocycles. The monoisotopic (exact) mass is 316 g/mol. The Bertz CT molecular complexity index is 619. The van der Waals surface area contributed by atoms with Crippen molar-refractivity contribution in [3.8, 4) is 5.75 Å². The van der Waals surface area contributed by atoms with Crippen molar-refractivity contribution in [1.82, 2.24) is 4.90 Å². The third-order valence-corrected chi connectivity index (χ3v) is 4.83. The minimum Gasteiger partial charge on any atom is -0.482 e. The predicted molar refractivity (Wildman–Crippen MR) is 88.6 cm³/mol. The molecule has 124 valence electrons. The second kappa shape index (κ2) is 6.22. The van der Waals surface area contributed by atoms with Gasteiger partial charge in [0.05, 0.1) is 5.69 Å². The molecule has 1 fully saturated rings. The number of anilines is 1. The summed E-state index contributed by atoms with van der Waals surface area (Å²) in [5, 5.41) is 0. The molecule has 1 aromatic rings. The lowest BCUT2D eigenvalue weighted by Gasteiger charge is -2.40. The van der Waals surface area contributed by atoms with E-state index in [1.54, 1.807) is 4.90 Å². The molecule has 2 heterocycles. The molecule has 23 heavy (non-hydrogen) atoms. The maximum Gasteiger partial charge on any atom is 0.265 e. The van der Waals surface area contributed by atoms with Gasteiger partial charge in [0.2, 0.25) is 5.91 Å². The van der Waals surface area contributed by atoms with Crippen LogP contribution >= 0.6 is 0 Å². The molecule has 5 heteroatoms. The standard InChI is InChI=1S/C18H24N2O3/c1-12-7-8-16-15(9-12)19(18(22)11-23-16)10-17(21)20-13(2)5-4-6-14(20)3/h7-9,13-14H,4-6,10-11H2,1-3H3/t13-,14-/m1/s1. The molecule has 2 atom stereocenters. The summed E-state index contributed by atoms with van der Waals surface area (Å²) in [6.45, 7) is 6.23. The van der Waals surface area contributed by atoms with E-state index in [0.717, 1.165) is 24.8 Å². The molecular formula is C18H24N2O3. The van der Waals surface area contributed by atoms with Gasteiger partial charge in [0.15, 0.2) is 6.61 Å². The van der Waals surface area contributed by atoms with Gasteiger partial charge in [0, 0.05) is 12.1 Å². The Hall–Kier alpha value is -2.04. The number of carbonyl (C=O) groups is 2. The Morgan fingerprint density at radius 1 is 1.26 bits per heavy atom. The quantitative estimate of drug-likeness (QED) is 0.842. The zero-order valence-corrected chi connectivity index (χ0v) is 14.0. The van der Waals surface area contributed by atoms with Crippen LogP contribution in [0.4, 0.5) is 5.69 Å². The lowest BCUT2D eigenvalue weighted by atomic mass is 9.97. The molecule has 0 radical (unpaired) electrons. The van der Waals surface area contributed by atoms with Gasteiger partial charge in [-0.1, -0.05) is 6.07 Å². The third-order valence-electron chi connectivity index (χ3n) is 4.83. The summed E-state index contributed by atoms with van der Waals surface area (Å²) in [5.74, 6) is 0.531. The number of hydrogen-bond donors (Lipinski definition) is 0. The first-order chi connectivity index (χ1) is 11.0. The highest BCUT2D eigenvalue weighted by molar-refractivity contribution is 6.02. The van der Waals surface area contributed by atoms with E-state index in [2.05, 4.69) is 13.8 Å². The van der Waals surface area contributed by atoms with Gasteiger partial charge in [-0.25, -0.2) is 0 Å². The highest BCUT2D eigenvalue weighted by Gasteiger charge is 2.33. The molecule has 0 spiro atoms. The number of benzene rings is 1. The number of ether oxygens (including phenoxy) is 1. The van der Waals surface area contributed by atoms with Crippen molar-refractivity contribution in [2.24, 2.45) is 0 Å². The smallest absolute Gasteiger partial charge is 0.265 e. The van der Waals surface area contributed by atoms with Gasteiger partial charge >= 0.3 is 0 Å². The van der Waals surface area contributed by atoms with Gasteiger partial charge in [0.1, 0.15) is 12.3 Å². The number of carbonyl (C=O) groups excluding carboxylic acids is 2. The lowest BCUT2D eigenvalue weighted by Crippen LogP contribution is -2.53. The van der Waals surface area contributed by atoms with E-state index in [-0.39, 0.29) is 37.0 Å². The summed E-state index contributed by atoms with van der Waals surface area (Å²) in [7, 11) is 0. The van der Waals surface area contributed by atoms with Crippen molar-refractivity contribution in [2.75, 3.05) is 18.1 Å². The Kier molecular flexibility index (Phi) is 4.28. The van der Waals surface area contributed by atoms with Gasteiger partial charge < -0.3 is 9.64 Å². The van der Waals surface area contributed by atoms with Crippen molar-refractivity contribution in [2.45, 2.75) is 52.1 Å². The largest absolute Gasteiger partial charge is 0.482 e. The second-order valence-corrected chi connectivity index (χ2v) is 6.67. The molecule has 0 aliphatic carbocycles. The average Bonchev–Trinajstić information content (AvgIpc) is 2.50. The Morgan fingerprint density at radius 3 is 2.65 bits per heavy atom. The molecule has 2 aliphatic rings. The molecular weight excluding hydrogens is 292 g/mol. The van der Waals surface area contributed by atoms with E-state index in [1.165, 1.54) is 0 Å². The van der Waals surface area contributed by atoms with Crippen molar-refractivity contribution in [3.05, 3.63) is 23.8 Å². The van der Waals surface area contributed by atoms with Crippen molar-refractivity contribution in [1.29, 1.82) is 0 Å². The van der Waals surface area contributed by atoms with E-state index in [0.29, 0.717) is 11.4 Å². The van der Waals surface area contributed by atoms with Crippen molar-refractivity contribution >= 4 is 17.5 Å². The van der Waals surface area contributed by atoms with Crippen LogP contribution in [0.1, 0.15) is 38.7 Å². The van der Waals surface area contributed by atoms with Crippen LogP contribution in [-0.2, 0) is 9.59 Å². The fourth-order valence-corrected chi connectivity index (χ4v) is 3.62. The minimum absolute atomic E-state index is 0.00551. The number of fused-ring (bicyclic) bond motifs is 1. The zero-order chi connectivity index (χ0) is 16.6. The van der Waals surface area contributed by atoms with Crippen LogP contribution in [0.5, 0.6) is 5.75 Å². The van der Waals surface area contributed by atoms with E-state index in [1.807, 2.05) is 30.0 Å². The summed E-state index contributed by atoms with van der Waals surface area (Å²) < 4.78 is 5.47. The van der Waals surface area contributed by atoms with Crippen molar-refractivity contribution in [3.63, 3.8) is 0 Å². The molecule has 0 aromatic heterocycles. The highest BCUT2D eigenvalue weighted by atomic mass is 16.5. The minimum atomic E-state index is -0.159. The van der Waals surface area contributed by atoms with Crippen LogP contribution in [0.25, 0.3) is 0 Å². The zero-order valence-electron chi connectivity index (χ0n) is 14.0. The predicted octanol–water partition coefficient (Wildman–Crippen LogP) is 2.51. The molecule has 0 N–H and O–H groups in total. The van der Waals surface area contributed by atoms with E-state index in [9.17, 15) is 9.59 Å². The summed E-state index contributed by atoms with van der Waals surface area (Å²) in [4.78, 5) is 28.6.